The zero-order valence-electron chi connectivity index (χ0n) is 12.4. The number of carboxylic acids is 1. The van der Waals surface area contributed by atoms with Crippen LogP contribution in [-0.4, -0.2) is 28.8 Å². The van der Waals surface area contributed by atoms with Gasteiger partial charge in [-0.25, -0.2) is 0 Å². The van der Waals surface area contributed by atoms with Crippen molar-refractivity contribution in [3.8, 4) is 11.1 Å². The van der Waals surface area contributed by atoms with Crippen molar-refractivity contribution in [3.05, 3.63) is 60.2 Å². The summed E-state index contributed by atoms with van der Waals surface area (Å²) in [5.74, 6) is -1.80. The molecule has 0 aliphatic rings. The maximum Gasteiger partial charge on any atom is 0.308 e. The molecule has 0 fully saturated rings. The van der Waals surface area contributed by atoms with Gasteiger partial charge in [0.1, 0.15) is 0 Å². The predicted octanol–water partition coefficient (Wildman–Crippen LogP) is 2.31. The number of rotatable bonds is 7. The minimum absolute atomic E-state index is 0.270. The van der Waals surface area contributed by atoms with Crippen LogP contribution in [0.3, 0.4) is 0 Å². The Labute approximate surface area is 130 Å². The van der Waals surface area contributed by atoms with Crippen molar-refractivity contribution >= 4 is 5.97 Å². The summed E-state index contributed by atoms with van der Waals surface area (Å²) in [5, 5.41) is 18.0. The topological polar surface area (TPSA) is 83.5 Å². The highest BCUT2D eigenvalue weighted by molar-refractivity contribution is 5.70. The normalized spacial score (nSPS) is 13.5. The van der Waals surface area contributed by atoms with Crippen LogP contribution in [0.25, 0.3) is 11.1 Å². The van der Waals surface area contributed by atoms with Gasteiger partial charge in [-0.15, -0.1) is 0 Å². The number of aliphatic carboxylic acids is 1. The van der Waals surface area contributed by atoms with Gasteiger partial charge in [0.15, 0.2) is 0 Å². The molecule has 0 unspecified atom stereocenters. The first kappa shape index (κ1) is 16.2. The fraction of sp³-hybridized carbons (Fsp3) is 0.278. The molecule has 2 atom stereocenters. The van der Waals surface area contributed by atoms with E-state index in [0.717, 1.165) is 16.7 Å². The Morgan fingerprint density at radius 1 is 1.00 bits per heavy atom. The fourth-order valence-corrected chi connectivity index (χ4v) is 2.47. The molecular weight excluding hydrogens is 278 g/mol. The van der Waals surface area contributed by atoms with Gasteiger partial charge in [-0.1, -0.05) is 54.6 Å². The molecule has 0 aliphatic heterocycles. The van der Waals surface area contributed by atoms with Gasteiger partial charge in [0.2, 0.25) is 0 Å². The lowest BCUT2D eigenvalue weighted by Crippen LogP contribution is -2.31. The highest BCUT2D eigenvalue weighted by Gasteiger charge is 2.19. The van der Waals surface area contributed by atoms with Crippen molar-refractivity contribution < 1.29 is 15.0 Å². The predicted molar refractivity (Wildman–Crippen MR) is 86.4 cm³/mol. The van der Waals surface area contributed by atoms with Crippen molar-refractivity contribution in [3.63, 3.8) is 0 Å². The Kier molecular flexibility index (Phi) is 5.69. The molecule has 2 aromatic carbocycles. The van der Waals surface area contributed by atoms with Crippen molar-refractivity contribution in [2.75, 3.05) is 6.61 Å². The summed E-state index contributed by atoms with van der Waals surface area (Å²) in [6.07, 6.45) is 0.866. The van der Waals surface area contributed by atoms with Gasteiger partial charge in [-0.05, 0) is 29.5 Å². The van der Waals surface area contributed by atoms with Gasteiger partial charge in [-0.2, -0.15) is 0 Å². The first-order chi connectivity index (χ1) is 10.6. The zero-order valence-corrected chi connectivity index (χ0v) is 12.4. The van der Waals surface area contributed by atoms with E-state index < -0.39 is 11.9 Å². The van der Waals surface area contributed by atoms with Crippen LogP contribution in [0.2, 0.25) is 0 Å². The van der Waals surface area contributed by atoms with Gasteiger partial charge < -0.3 is 15.9 Å². The Bertz CT molecular complexity index is 595. The lowest BCUT2D eigenvalue weighted by molar-refractivity contribution is -0.143. The van der Waals surface area contributed by atoms with E-state index >= 15 is 0 Å². The molecule has 2 rings (SSSR count). The third kappa shape index (κ3) is 4.41. The van der Waals surface area contributed by atoms with Gasteiger partial charge >= 0.3 is 5.97 Å². The van der Waals surface area contributed by atoms with Crippen molar-refractivity contribution in [2.24, 2.45) is 11.7 Å². The van der Waals surface area contributed by atoms with Crippen LogP contribution in [0.4, 0.5) is 0 Å². The number of aliphatic hydroxyl groups is 1. The Morgan fingerprint density at radius 2 is 1.59 bits per heavy atom. The molecule has 116 valence electrons. The average molecular weight is 299 g/mol. The van der Waals surface area contributed by atoms with E-state index in [9.17, 15) is 4.79 Å². The summed E-state index contributed by atoms with van der Waals surface area (Å²) < 4.78 is 0. The Balaban J connectivity index is 1.98. The molecule has 0 bridgehead atoms. The lowest BCUT2D eigenvalue weighted by atomic mass is 9.95. The molecule has 0 radical (unpaired) electrons. The van der Waals surface area contributed by atoms with E-state index in [-0.39, 0.29) is 19.1 Å². The monoisotopic (exact) mass is 299 g/mol. The molecule has 0 spiro atoms. The molecule has 22 heavy (non-hydrogen) atoms. The second-order valence-electron chi connectivity index (χ2n) is 5.48. The summed E-state index contributed by atoms with van der Waals surface area (Å²) in [6, 6.07) is 17.9. The number of hydrogen-bond donors (Lipinski definition) is 3. The van der Waals surface area contributed by atoms with Crippen molar-refractivity contribution in [1.29, 1.82) is 0 Å². The Morgan fingerprint density at radius 3 is 2.14 bits per heavy atom. The summed E-state index contributed by atoms with van der Waals surface area (Å²) >= 11 is 0. The summed E-state index contributed by atoms with van der Waals surface area (Å²) in [4.78, 5) is 10.9. The molecular formula is C18H21NO3. The lowest BCUT2D eigenvalue weighted by Gasteiger charge is -2.16. The van der Waals surface area contributed by atoms with Crippen LogP contribution in [0.5, 0.6) is 0 Å². The van der Waals surface area contributed by atoms with Gasteiger partial charge in [0.25, 0.3) is 0 Å². The summed E-state index contributed by atoms with van der Waals surface area (Å²) in [7, 11) is 0. The molecule has 4 heteroatoms. The van der Waals surface area contributed by atoms with E-state index in [4.69, 9.17) is 15.9 Å². The Hall–Kier alpha value is -2.17. The number of carboxylic acid groups (broad SMARTS) is 1. The molecule has 0 heterocycles. The second kappa shape index (κ2) is 7.73. The van der Waals surface area contributed by atoms with Crippen molar-refractivity contribution in [2.45, 2.75) is 18.9 Å². The maximum absolute atomic E-state index is 10.9. The number of benzene rings is 2. The molecule has 0 amide bonds. The summed E-state index contributed by atoms with van der Waals surface area (Å²) in [6.45, 7) is -0.379. The molecule has 0 aliphatic carbocycles. The molecule has 4 N–H and O–H groups in total. The highest BCUT2D eigenvalue weighted by atomic mass is 16.4. The van der Waals surface area contributed by atoms with Gasteiger partial charge in [-0.3, -0.25) is 4.79 Å². The van der Waals surface area contributed by atoms with Crippen LogP contribution in [-0.2, 0) is 11.2 Å². The van der Waals surface area contributed by atoms with Gasteiger partial charge in [0, 0.05) is 6.04 Å². The number of aliphatic hydroxyl groups excluding tert-OH is 1. The molecule has 0 saturated heterocycles. The van der Waals surface area contributed by atoms with Crippen molar-refractivity contribution in [1.82, 2.24) is 0 Å². The third-order valence-corrected chi connectivity index (χ3v) is 3.72. The average Bonchev–Trinajstić information content (AvgIpc) is 2.54. The fourth-order valence-electron chi connectivity index (χ4n) is 2.47. The van der Waals surface area contributed by atoms with E-state index in [1.54, 1.807) is 0 Å². The highest BCUT2D eigenvalue weighted by Crippen LogP contribution is 2.20. The molecule has 0 aromatic heterocycles. The number of hydrogen-bond acceptors (Lipinski definition) is 3. The first-order valence-electron chi connectivity index (χ1n) is 7.33. The number of nitrogens with two attached hydrogens (primary N) is 1. The van der Waals surface area contributed by atoms with Crippen LogP contribution < -0.4 is 5.73 Å². The molecule has 4 nitrogen and oxygen atoms in total. The van der Waals surface area contributed by atoms with E-state index in [1.807, 2.05) is 42.5 Å². The number of carbonyl (C=O) groups is 1. The summed E-state index contributed by atoms with van der Waals surface area (Å²) in [5.41, 5.74) is 9.35. The minimum Gasteiger partial charge on any atom is -0.481 e. The smallest absolute Gasteiger partial charge is 0.308 e. The first-order valence-corrected chi connectivity index (χ1v) is 7.33. The second-order valence-corrected chi connectivity index (χ2v) is 5.48. The zero-order chi connectivity index (χ0) is 15.9. The van der Waals surface area contributed by atoms with E-state index in [1.165, 1.54) is 0 Å². The quantitative estimate of drug-likeness (QED) is 0.732. The van der Waals surface area contributed by atoms with E-state index in [2.05, 4.69) is 12.1 Å². The van der Waals surface area contributed by atoms with Crippen LogP contribution in [0.15, 0.2) is 54.6 Å². The molecule has 0 saturated carbocycles. The molecule has 2 aromatic rings. The van der Waals surface area contributed by atoms with Crippen LogP contribution >= 0.6 is 0 Å². The van der Waals surface area contributed by atoms with E-state index in [0.29, 0.717) is 6.42 Å². The third-order valence-electron chi connectivity index (χ3n) is 3.72. The largest absolute Gasteiger partial charge is 0.481 e. The SMILES string of the molecule is N[C@H](Cc1ccc(-c2ccccc2)cc1)C[C@@H](CO)C(=O)O. The standard InChI is InChI=1S/C18H21NO3/c19-17(11-16(12-20)18(21)22)10-13-6-8-15(9-7-13)14-4-2-1-3-5-14/h1-9,16-17,20H,10-12,19H2,(H,21,22)/t16-,17+/m0/s1. The minimum atomic E-state index is -1.00. The maximum atomic E-state index is 10.9. The van der Waals surface area contributed by atoms with Crippen LogP contribution in [0.1, 0.15) is 12.0 Å². The van der Waals surface area contributed by atoms with Crippen LogP contribution in [0, 0.1) is 5.92 Å². The van der Waals surface area contributed by atoms with Gasteiger partial charge in [0.05, 0.1) is 12.5 Å².